The van der Waals surface area contributed by atoms with Crippen LogP contribution in [0.25, 0.3) is 0 Å². The number of benzene rings is 1. The van der Waals surface area contributed by atoms with Gasteiger partial charge in [-0.1, -0.05) is 44.2 Å². The Hall–Kier alpha value is -1.88. The Morgan fingerprint density at radius 1 is 1.20 bits per heavy atom. The third kappa shape index (κ3) is 5.56. The highest BCUT2D eigenvalue weighted by Crippen LogP contribution is 2.33. The highest BCUT2D eigenvalue weighted by atomic mass is 16.5. The van der Waals surface area contributed by atoms with Crippen LogP contribution in [0.3, 0.4) is 0 Å². The maximum atomic E-state index is 12.4. The van der Waals surface area contributed by atoms with E-state index in [9.17, 15) is 14.7 Å². The standard InChI is InChI=1S/C20H29NO4/c1-14(2)11-15(3)25-10-9-19(22)21-12-17(18(13-21)20(23)24)16-7-5-4-6-8-16/h4-8,14-15,17-18H,9-13H2,1-3H3,(H,23,24)/t15?,17-,18-/m0/s1. The van der Waals surface area contributed by atoms with Gasteiger partial charge in [0.05, 0.1) is 25.0 Å². The summed E-state index contributed by atoms with van der Waals surface area (Å²) in [5.41, 5.74) is 0.979. The number of carboxylic acid groups (broad SMARTS) is 1. The maximum Gasteiger partial charge on any atom is 0.308 e. The van der Waals surface area contributed by atoms with Gasteiger partial charge in [0.25, 0.3) is 0 Å². The highest BCUT2D eigenvalue weighted by Gasteiger charge is 2.40. The number of hydrogen-bond acceptors (Lipinski definition) is 3. The zero-order chi connectivity index (χ0) is 18.4. The molecule has 0 radical (unpaired) electrons. The van der Waals surface area contributed by atoms with Gasteiger partial charge in [0.15, 0.2) is 0 Å². The molecule has 0 aromatic heterocycles. The zero-order valence-electron chi connectivity index (χ0n) is 15.4. The number of carbonyl (C=O) groups excluding carboxylic acids is 1. The molecule has 2 rings (SSSR count). The molecule has 0 bridgehead atoms. The monoisotopic (exact) mass is 347 g/mol. The number of carbonyl (C=O) groups is 2. The lowest BCUT2D eigenvalue weighted by atomic mass is 9.89. The first-order valence-corrected chi connectivity index (χ1v) is 9.05. The van der Waals surface area contributed by atoms with Gasteiger partial charge in [0.2, 0.25) is 5.91 Å². The van der Waals surface area contributed by atoms with Crippen LogP contribution in [0.15, 0.2) is 30.3 Å². The van der Waals surface area contributed by atoms with Crippen molar-refractivity contribution >= 4 is 11.9 Å². The molecule has 5 heteroatoms. The van der Waals surface area contributed by atoms with Gasteiger partial charge in [-0.3, -0.25) is 9.59 Å². The van der Waals surface area contributed by atoms with Crippen molar-refractivity contribution in [2.45, 2.75) is 45.6 Å². The largest absolute Gasteiger partial charge is 0.481 e. The highest BCUT2D eigenvalue weighted by molar-refractivity contribution is 5.79. The van der Waals surface area contributed by atoms with E-state index >= 15 is 0 Å². The van der Waals surface area contributed by atoms with E-state index in [0.29, 0.717) is 25.5 Å². The summed E-state index contributed by atoms with van der Waals surface area (Å²) in [6.45, 7) is 7.43. The molecule has 3 atom stereocenters. The molecule has 0 saturated carbocycles. The minimum atomic E-state index is -0.842. The van der Waals surface area contributed by atoms with Crippen LogP contribution < -0.4 is 0 Å². The quantitative estimate of drug-likeness (QED) is 0.784. The minimum Gasteiger partial charge on any atom is -0.481 e. The van der Waals surface area contributed by atoms with E-state index in [2.05, 4.69) is 13.8 Å². The van der Waals surface area contributed by atoms with Crippen molar-refractivity contribution in [1.29, 1.82) is 0 Å². The number of hydrogen-bond donors (Lipinski definition) is 1. The molecule has 1 heterocycles. The Balaban J connectivity index is 1.90. The summed E-state index contributed by atoms with van der Waals surface area (Å²) in [7, 11) is 0. The summed E-state index contributed by atoms with van der Waals surface area (Å²) in [4.78, 5) is 25.7. The second-order valence-electron chi connectivity index (χ2n) is 7.32. The minimum absolute atomic E-state index is 0.0265. The summed E-state index contributed by atoms with van der Waals surface area (Å²) in [5.74, 6) is -1.00. The van der Waals surface area contributed by atoms with Crippen LogP contribution in [0.2, 0.25) is 0 Å². The van der Waals surface area contributed by atoms with Gasteiger partial charge < -0.3 is 14.7 Å². The van der Waals surface area contributed by atoms with Gasteiger partial charge in [-0.2, -0.15) is 0 Å². The summed E-state index contributed by atoms with van der Waals surface area (Å²) < 4.78 is 5.70. The van der Waals surface area contributed by atoms with Crippen LogP contribution in [0.5, 0.6) is 0 Å². The Kier molecular flexibility index (Phi) is 7.00. The van der Waals surface area contributed by atoms with Crippen LogP contribution >= 0.6 is 0 Å². The molecule has 1 aromatic carbocycles. The van der Waals surface area contributed by atoms with Crippen LogP contribution in [0.4, 0.5) is 0 Å². The molecule has 25 heavy (non-hydrogen) atoms. The van der Waals surface area contributed by atoms with Gasteiger partial charge in [0, 0.05) is 19.0 Å². The normalized spacial score (nSPS) is 21.5. The second kappa shape index (κ2) is 8.99. The molecule has 1 amide bonds. The lowest BCUT2D eigenvalue weighted by Gasteiger charge is -2.18. The molecule has 1 saturated heterocycles. The number of amides is 1. The summed E-state index contributed by atoms with van der Waals surface area (Å²) in [6.07, 6.45) is 1.40. The van der Waals surface area contributed by atoms with Crippen molar-refractivity contribution in [3.8, 4) is 0 Å². The number of rotatable bonds is 8. The van der Waals surface area contributed by atoms with E-state index < -0.39 is 11.9 Å². The van der Waals surface area contributed by atoms with E-state index in [1.807, 2.05) is 37.3 Å². The fourth-order valence-corrected chi connectivity index (χ4v) is 3.53. The molecule has 1 aromatic rings. The van der Waals surface area contributed by atoms with Crippen molar-refractivity contribution in [1.82, 2.24) is 4.90 Å². The van der Waals surface area contributed by atoms with E-state index in [1.165, 1.54) is 0 Å². The molecule has 1 aliphatic rings. The van der Waals surface area contributed by atoms with Crippen molar-refractivity contribution in [3.05, 3.63) is 35.9 Å². The molecule has 5 nitrogen and oxygen atoms in total. The van der Waals surface area contributed by atoms with E-state index in [-0.39, 0.29) is 24.5 Å². The Morgan fingerprint density at radius 2 is 1.88 bits per heavy atom. The van der Waals surface area contributed by atoms with Gasteiger partial charge >= 0.3 is 5.97 Å². The zero-order valence-corrected chi connectivity index (χ0v) is 15.4. The first-order chi connectivity index (χ1) is 11.9. The number of aliphatic carboxylic acids is 1. The average Bonchev–Trinajstić information content (AvgIpc) is 3.00. The number of ether oxygens (including phenoxy) is 1. The first kappa shape index (κ1) is 19.4. The predicted molar refractivity (Wildman–Crippen MR) is 96.4 cm³/mol. The topological polar surface area (TPSA) is 66.8 Å². The number of carboxylic acids is 1. The number of likely N-dealkylation sites (tertiary alicyclic amines) is 1. The van der Waals surface area contributed by atoms with Gasteiger partial charge in [-0.25, -0.2) is 0 Å². The summed E-state index contributed by atoms with van der Waals surface area (Å²) in [5, 5.41) is 9.51. The molecule has 0 aliphatic carbocycles. The van der Waals surface area contributed by atoms with Gasteiger partial charge in [-0.05, 0) is 24.8 Å². The Labute approximate surface area is 150 Å². The van der Waals surface area contributed by atoms with Gasteiger partial charge in [0.1, 0.15) is 0 Å². The predicted octanol–water partition coefficient (Wildman–Crippen LogP) is 3.15. The summed E-state index contributed by atoms with van der Waals surface area (Å²) in [6, 6.07) is 9.59. The number of nitrogens with zero attached hydrogens (tertiary/aromatic N) is 1. The molecular weight excluding hydrogens is 318 g/mol. The lowest BCUT2D eigenvalue weighted by Crippen LogP contribution is -2.31. The van der Waals surface area contributed by atoms with Crippen LogP contribution in [0, 0.1) is 11.8 Å². The van der Waals surface area contributed by atoms with Gasteiger partial charge in [-0.15, -0.1) is 0 Å². The third-order valence-electron chi connectivity index (χ3n) is 4.74. The van der Waals surface area contributed by atoms with Crippen molar-refractivity contribution in [2.75, 3.05) is 19.7 Å². The van der Waals surface area contributed by atoms with E-state index in [1.54, 1.807) is 4.90 Å². The van der Waals surface area contributed by atoms with Crippen LogP contribution in [-0.2, 0) is 14.3 Å². The molecule has 138 valence electrons. The molecular formula is C20H29NO4. The Bertz CT molecular complexity index is 572. The SMILES string of the molecule is CC(C)CC(C)OCCC(=O)N1C[C@H](C(=O)O)[C@H](c2ccccc2)C1. The molecule has 1 N–H and O–H groups in total. The second-order valence-corrected chi connectivity index (χ2v) is 7.32. The fraction of sp³-hybridized carbons (Fsp3) is 0.600. The third-order valence-corrected chi connectivity index (χ3v) is 4.74. The molecule has 1 unspecified atom stereocenters. The van der Waals surface area contributed by atoms with Crippen LogP contribution in [0.1, 0.15) is 45.1 Å². The van der Waals surface area contributed by atoms with Crippen molar-refractivity contribution < 1.29 is 19.4 Å². The maximum absolute atomic E-state index is 12.4. The Morgan fingerprint density at radius 3 is 2.48 bits per heavy atom. The summed E-state index contributed by atoms with van der Waals surface area (Å²) >= 11 is 0. The van der Waals surface area contributed by atoms with Crippen molar-refractivity contribution in [3.63, 3.8) is 0 Å². The molecule has 1 fully saturated rings. The molecule has 1 aliphatic heterocycles. The van der Waals surface area contributed by atoms with Crippen molar-refractivity contribution in [2.24, 2.45) is 11.8 Å². The molecule has 0 spiro atoms. The van der Waals surface area contributed by atoms with E-state index in [0.717, 1.165) is 12.0 Å². The van der Waals surface area contributed by atoms with E-state index in [4.69, 9.17) is 4.74 Å². The smallest absolute Gasteiger partial charge is 0.308 e. The van der Waals surface area contributed by atoms with Crippen LogP contribution in [-0.4, -0.2) is 47.7 Å². The average molecular weight is 347 g/mol. The fourth-order valence-electron chi connectivity index (χ4n) is 3.53. The first-order valence-electron chi connectivity index (χ1n) is 9.05. The lowest BCUT2D eigenvalue weighted by molar-refractivity contribution is -0.141.